The Hall–Kier alpha value is -2.16. The van der Waals surface area contributed by atoms with E-state index in [2.05, 4.69) is 60.8 Å². The number of hydrogen-bond acceptors (Lipinski definition) is 1. The van der Waals surface area contributed by atoms with Crippen molar-refractivity contribution in [2.75, 3.05) is 18.0 Å². The van der Waals surface area contributed by atoms with Crippen LogP contribution in [-0.4, -0.2) is 13.1 Å². The van der Waals surface area contributed by atoms with Gasteiger partial charge in [0, 0.05) is 36.5 Å². The highest BCUT2D eigenvalue weighted by Gasteiger charge is 2.10. The smallest absolute Gasteiger partial charge is 0.169 e. The molecule has 2 nitrogen and oxygen atoms in total. The molecule has 0 aliphatic rings. The molecule has 54 heavy (non-hydrogen) atoms. The van der Waals surface area contributed by atoms with E-state index in [1.54, 1.807) is 6.07 Å². The Bertz CT molecular complexity index is 1090. The first-order valence-corrected chi connectivity index (χ1v) is 23.9. The van der Waals surface area contributed by atoms with E-state index in [4.69, 9.17) is 0 Å². The first-order chi connectivity index (χ1) is 26.7. The Balaban J connectivity index is 1.68. The second-order valence-electron chi connectivity index (χ2n) is 16.6. The van der Waals surface area contributed by atoms with Crippen LogP contribution in [0, 0.1) is 5.82 Å². The number of rotatable bonds is 38. The number of hydrogen-bond donors (Lipinski definition) is 0. The lowest BCUT2D eigenvalue weighted by molar-refractivity contribution is -0.693. The van der Waals surface area contributed by atoms with Crippen molar-refractivity contribution >= 4 is 17.8 Å². The molecule has 0 spiro atoms. The van der Waals surface area contributed by atoms with E-state index in [0.29, 0.717) is 5.56 Å². The van der Waals surface area contributed by atoms with Gasteiger partial charge in [0.1, 0.15) is 12.4 Å². The van der Waals surface area contributed by atoms with Gasteiger partial charge in [0.2, 0.25) is 0 Å². The third kappa shape index (κ3) is 25.8. The minimum absolute atomic E-state index is 0.118. The minimum atomic E-state index is -0.118. The van der Waals surface area contributed by atoms with Crippen molar-refractivity contribution in [2.24, 2.45) is 0 Å². The fourth-order valence-electron chi connectivity index (χ4n) is 7.90. The molecule has 2 aromatic rings. The summed E-state index contributed by atoms with van der Waals surface area (Å²) >= 11 is 0. The zero-order valence-corrected chi connectivity index (χ0v) is 36.2. The molecule has 0 saturated heterocycles. The molecule has 2 rings (SSSR count). The third-order valence-corrected chi connectivity index (χ3v) is 11.6. The highest BCUT2D eigenvalue weighted by Crippen LogP contribution is 2.23. The maximum absolute atomic E-state index is 15.4. The predicted molar refractivity (Wildman–Crippen MR) is 239 cm³/mol. The van der Waals surface area contributed by atoms with Crippen LogP contribution in [0.15, 0.2) is 42.7 Å². The van der Waals surface area contributed by atoms with Crippen LogP contribution in [0.3, 0.4) is 0 Å². The molecule has 0 saturated carbocycles. The van der Waals surface area contributed by atoms with Gasteiger partial charge in [-0.25, -0.2) is 8.96 Å². The Morgan fingerprint density at radius 3 is 1.13 bits per heavy atom. The predicted octanol–water partition coefficient (Wildman–Crippen LogP) is 16.6. The number of benzene rings is 1. The Morgan fingerprint density at radius 1 is 0.444 bits per heavy atom. The molecule has 3 heteroatoms. The summed E-state index contributed by atoms with van der Waals surface area (Å²) in [6.07, 6.45) is 52.6. The van der Waals surface area contributed by atoms with Gasteiger partial charge in [0.05, 0.1) is 0 Å². The average molecular weight is 748 g/mol. The number of anilines is 1. The molecule has 0 aliphatic carbocycles. The number of unbranched alkanes of at least 4 members (excludes halogenated alkanes) is 30. The normalized spacial score (nSPS) is 11.6. The van der Waals surface area contributed by atoms with E-state index >= 15 is 4.39 Å². The summed E-state index contributed by atoms with van der Waals surface area (Å²) in [5.41, 5.74) is 2.81. The van der Waals surface area contributed by atoms with Crippen molar-refractivity contribution in [3.05, 3.63) is 59.7 Å². The molecule has 0 amide bonds. The van der Waals surface area contributed by atoms with Crippen molar-refractivity contribution in [1.29, 1.82) is 0 Å². The highest BCUT2D eigenvalue weighted by molar-refractivity contribution is 5.70. The molecule has 0 fully saturated rings. The number of halogens is 1. The van der Waals surface area contributed by atoms with Crippen LogP contribution in [0.2, 0.25) is 0 Å². The summed E-state index contributed by atoms with van der Waals surface area (Å²) in [5.74, 6) is -0.118. The molecule has 0 unspecified atom stereocenters. The Kier molecular flexibility index (Phi) is 31.3. The van der Waals surface area contributed by atoms with Crippen LogP contribution in [0.1, 0.15) is 237 Å². The van der Waals surface area contributed by atoms with Gasteiger partial charge >= 0.3 is 0 Å². The Morgan fingerprint density at radius 2 is 0.796 bits per heavy atom. The summed E-state index contributed by atoms with van der Waals surface area (Å²) in [5, 5.41) is 0. The van der Waals surface area contributed by atoms with E-state index in [1.807, 2.05) is 18.2 Å². The average Bonchev–Trinajstić information content (AvgIpc) is 3.19. The summed E-state index contributed by atoms with van der Waals surface area (Å²) in [6.45, 7) is 9.76. The molecule has 0 bridgehead atoms. The quantitative estimate of drug-likeness (QED) is 0.0490. The molecule has 0 N–H and O–H groups in total. The molecule has 0 radical (unpaired) electrons. The molecule has 0 atom stereocenters. The molecular weight excluding hydrogens is 660 g/mol. The van der Waals surface area contributed by atoms with Gasteiger partial charge in [-0.15, -0.1) is 0 Å². The van der Waals surface area contributed by atoms with Crippen LogP contribution in [0.25, 0.3) is 12.2 Å². The van der Waals surface area contributed by atoms with Crippen LogP contribution in [-0.2, 0) is 6.54 Å². The second kappa shape index (κ2) is 35.3. The fraction of sp³-hybridized carbons (Fsp3) is 0.745. The number of aromatic nitrogens is 1. The largest absolute Gasteiger partial charge is 0.371 e. The molecule has 0 aliphatic heterocycles. The summed E-state index contributed by atoms with van der Waals surface area (Å²) in [6, 6.07) is 10.1. The number of aryl methyl sites for hydroxylation is 1. The van der Waals surface area contributed by atoms with Gasteiger partial charge < -0.3 is 4.90 Å². The SMILES string of the molecule is CCCCCCCCCCCCCCCCCCN(CCCCCCCCCCCCCCCCCC)c1ccc(C=Cc2cc[n+](CC)cc2)c(F)c1. The van der Waals surface area contributed by atoms with Gasteiger partial charge in [-0.05, 0) is 43.5 Å². The summed E-state index contributed by atoms with van der Waals surface area (Å²) < 4.78 is 17.6. The van der Waals surface area contributed by atoms with Crippen LogP contribution >= 0.6 is 0 Å². The molecule has 1 aromatic heterocycles. The van der Waals surface area contributed by atoms with Crippen LogP contribution in [0.4, 0.5) is 10.1 Å². The van der Waals surface area contributed by atoms with Gasteiger partial charge in [0.15, 0.2) is 12.4 Å². The molecule has 308 valence electrons. The first-order valence-electron chi connectivity index (χ1n) is 23.9. The lowest BCUT2D eigenvalue weighted by Gasteiger charge is -2.25. The third-order valence-electron chi connectivity index (χ3n) is 11.6. The number of pyridine rings is 1. The van der Waals surface area contributed by atoms with Gasteiger partial charge in [-0.2, -0.15) is 0 Å². The molecule has 1 heterocycles. The maximum Gasteiger partial charge on any atom is 0.169 e. The lowest BCUT2D eigenvalue weighted by atomic mass is 10.0. The van der Waals surface area contributed by atoms with E-state index in [1.165, 1.54) is 205 Å². The van der Waals surface area contributed by atoms with Crippen molar-refractivity contribution in [3.8, 4) is 0 Å². The van der Waals surface area contributed by atoms with Gasteiger partial charge in [-0.1, -0.05) is 219 Å². The van der Waals surface area contributed by atoms with Crippen molar-refractivity contribution < 1.29 is 8.96 Å². The first kappa shape index (κ1) is 48.0. The monoisotopic (exact) mass is 748 g/mol. The second-order valence-corrected chi connectivity index (χ2v) is 16.6. The standard InChI is InChI=1S/C51H88FN2/c1-4-7-9-11-13-15-17-19-21-23-25-27-29-31-33-35-43-54(44-36-34-32-30-28-26-24-22-20-18-16-14-12-10-8-5-2)50-40-39-49(51(52)47-50)38-37-48-41-45-53(6-3)46-42-48/h37-42,45-47H,4-36,43-44H2,1-3H3/q+1. The van der Waals surface area contributed by atoms with Crippen LogP contribution < -0.4 is 9.47 Å². The topological polar surface area (TPSA) is 7.12 Å². The van der Waals surface area contributed by atoms with Crippen molar-refractivity contribution in [1.82, 2.24) is 0 Å². The molecular formula is C51H88FN2+. The van der Waals surface area contributed by atoms with E-state index in [0.717, 1.165) is 30.9 Å². The summed E-state index contributed by atoms with van der Waals surface area (Å²) in [7, 11) is 0. The minimum Gasteiger partial charge on any atom is -0.371 e. The van der Waals surface area contributed by atoms with Crippen molar-refractivity contribution in [2.45, 2.75) is 233 Å². The van der Waals surface area contributed by atoms with E-state index in [9.17, 15) is 0 Å². The van der Waals surface area contributed by atoms with E-state index < -0.39 is 0 Å². The van der Waals surface area contributed by atoms with Gasteiger partial charge in [0.25, 0.3) is 0 Å². The number of nitrogens with zero attached hydrogens (tertiary/aromatic N) is 2. The molecule has 1 aromatic carbocycles. The summed E-state index contributed by atoms with van der Waals surface area (Å²) in [4.78, 5) is 2.48. The van der Waals surface area contributed by atoms with Crippen molar-refractivity contribution in [3.63, 3.8) is 0 Å². The highest BCUT2D eigenvalue weighted by atomic mass is 19.1. The van der Waals surface area contributed by atoms with Crippen LogP contribution in [0.5, 0.6) is 0 Å². The maximum atomic E-state index is 15.4. The van der Waals surface area contributed by atoms with Gasteiger partial charge in [-0.3, -0.25) is 0 Å². The lowest BCUT2D eigenvalue weighted by Crippen LogP contribution is -2.30. The fourth-order valence-corrected chi connectivity index (χ4v) is 7.90. The zero-order valence-electron chi connectivity index (χ0n) is 36.2. The Labute approximate surface area is 336 Å². The zero-order chi connectivity index (χ0) is 38.6. The van der Waals surface area contributed by atoms with E-state index in [-0.39, 0.29) is 5.82 Å².